The smallest absolute Gasteiger partial charge is 0.160 e. The molecule has 0 radical (unpaired) electrons. The van der Waals surface area contributed by atoms with Gasteiger partial charge in [-0.05, 0) is 116 Å². The van der Waals surface area contributed by atoms with E-state index in [0.29, 0.717) is 5.82 Å². The Balaban J connectivity index is 1.08. The SMILES string of the molecule is c1ccc2cc(-c3cc(-c4ccc5ccccc5c4)nc(-c4cc(-c5ccc6cc7ccccc7cc6n5)cc(-c5ccc6cc7ccccc7cc6n5)c4)n3)ccc2c1. The molecule has 0 unspecified atom stereocenters. The molecular formula is C56H34N4. The first-order chi connectivity index (χ1) is 29.6. The molecule has 0 saturated heterocycles. The van der Waals surface area contributed by atoms with Gasteiger partial charge in [-0.2, -0.15) is 0 Å². The van der Waals surface area contributed by atoms with Gasteiger partial charge in [0.2, 0.25) is 0 Å². The van der Waals surface area contributed by atoms with E-state index in [1.165, 1.54) is 21.5 Å². The van der Waals surface area contributed by atoms with Crippen molar-refractivity contribution in [3.8, 4) is 56.4 Å². The van der Waals surface area contributed by atoms with E-state index in [4.69, 9.17) is 19.9 Å². The van der Waals surface area contributed by atoms with E-state index in [-0.39, 0.29) is 0 Å². The van der Waals surface area contributed by atoms with E-state index in [0.717, 1.165) is 93.9 Å². The topological polar surface area (TPSA) is 51.6 Å². The summed E-state index contributed by atoms with van der Waals surface area (Å²) in [4.78, 5) is 21.3. The molecule has 0 aliphatic carbocycles. The van der Waals surface area contributed by atoms with Crippen LogP contribution in [0.3, 0.4) is 0 Å². The van der Waals surface area contributed by atoms with E-state index in [9.17, 15) is 0 Å². The molecule has 0 saturated carbocycles. The lowest BCUT2D eigenvalue weighted by molar-refractivity contribution is 1.18. The van der Waals surface area contributed by atoms with Crippen LogP contribution in [0, 0.1) is 0 Å². The van der Waals surface area contributed by atoms with Gasteiger partial charge in [0.25, 0.3) is 0 Å². The monoisotopic (exact) mass is 762 g/mol. The van der Waals surface area contributed by atoms with Crippen LogP contribution in [0.5, 0.6) is 0 Å². The Morgan fingerprint density at radius 1 is 0.200 bits per heavy atom. The molecule has 0 fully saturated rings. The zero-order chi connectivity index (χ0) is 39.6. The minimum Gasteiger partial charge on any atom is -0.248 e. The quantitative estimate of drug-likeness (QED) is 0.164. The Kier molecular flexibility index (Phi) is 7.82. The van der Waals surface area contributed by atoms with Crippen molar-refractivity contribution in [2.75, 3.05) is 0 Å². The summed E-state index contributed by atoms with van der Waals surface area (Å²) >= 11 is 0. The van der Waals surface area contributed by atoms with Gasteiger partial charge in [-0.3, -0.25) is 0 Å². The largest absolute Gasteiger partial charge is 0.248 e. The zero-order valence-corrected chi connectivity index (χ0v) is 32.4. The molecular weight excluding hydrogens is 729 g/mol. The van der Waals surface area contributed by atoms with Crippen LogP contribution in [0.1, 0.15) is 0 Å². The highest BCUT2D eigenvalue weighted by Crippen LogP contribution is 2.36. The second kappa shape index (κ2) is 13.8. The van der Waals surface area contributed by atoms with Crippen LogP contribution in [0.2, 0.25) is 0 Å². The van der Waals surface area contributed by atoms with Crippen LogP contribution < -0.4 is 0 Å². The van der Waals surface area contributed by atoms with Crippen LogP contribution in [0.15, 0.2) is 206 Å². The molecule has 0 atom stereocenters. The summed E-state index contributed by atoms with van der Waals surface area (Å²) < 4.78 is 0. The molecule has 60 heavy (non-hydrogen) atoms. The number of nitrogens with zero attached hydrogens (tertiary/aromatic N) is 4. The predicted octanol–water partition coefficient (Wildman–Crippen LogP) is 14.5. The second-order valence-electron chi connectivity index (χ2n) is 15.6. The third-order valence-electron chi connectivity index (χ3n) is 11.7. The van der Waals surface area contributed by atoms with E-state index in [1.807, 2.05) is 0 Å². The number of hydrogen-bond donors (Lipinski definition) is 0. The van der Waals surface area contributed by atoms with Crippen LogP contribution in [-0.4, -0.2) is 19.9 Å². The lowest BCUT2D eigenvalue weighted by Crippen LogP contribution is -1.98. The van der Waals surface area contributed by atoms with Gasteiger partial charge in [-0.1, -0.05) is 133 Å². The standard InChI is InChI=1S/C56H34N4/c1-3-11-37-25-43(19-17-35(37)9-1)54-34-55(44-20-18-36-10-2-4-12-38(36)26-44)60-56(59-54)49-30-47(50-23-21-45-27-39-13-5-7-15-41(39)32-52(45)57-50)29-48(31-49)51-24-22-46-28-40-14-6-8-16-42(40)33-53(46)58-51/h1-34H. The molecule has 0 bridgehead atoms. The number of aromatic nitrogens is 4. The average molecular weight is 763 g/mol. The fourth-order valence-corrected chi connectivity index (χ4v) is 8.57. The first kappa shape index (κ1) is 34.0. The van der Waals surface area contributed by atoms with Gasteiger partial charge in [0, 0.05) is 38.6 Å². The van der Waals surface area contributed by atoms with Gasteiger partial charge in [-0.15, -0.1) is 0 Å². The number of pyridine rings is 2. The van der Waals surface area contributed by atoms with Crippen molar-refractivity contribution >= 4 is 64.9 Å². The summed E-state index contributed by atoms with van der Waals surface area (Å²) in [5.41, 5.74) is 10.2. The fourth-order valence-electron chi connectivity index (χ4n) is 8.57. The summed E-state index contributed by atoms with van der Waals surface area (Å²) in [6.45, 7) is 0. The summed E-state index contributed by atoms with van der Waals surface area (Å²) in [6.07, 6.45) is 0. The van der Waals surface area contributed by atoms with Crippen LogP contribution in [0.4, 0.5) is 0 Å². The van der Waals surface area contributed by atoms with E-state index in [1.54, 1.807) is 0 Å². The van der Waals surface area contributed by atoms with E-state index >= 15 is 0 Å². The summed E-state index contributed by atoms with van der Waals surface area (Å²) in [7, 11) is 0. The maximum atomic E-state index is 5.35. The minimum absolute atomic E-state index is 0.630. The van der Waals surface area contributed by atoms with Gasteiger partial charge in [0.05, 0.1) is 33.8 Å². The molecule has 0 aliphatic heterocycles. The third-order valence-corrected chi connectivity index (χ3v) is 11.7. The molecule has 3 heterocycles. The van der Waals surface area contributed by atoms with Crippen molar-refractivity contribution in [1.29, 1.82) is 0 Å². The van der Waals surface area contributed by atoms with Crippen molar-refractivity contribution < 1.29 is 0 Å². The number of hydrogen-bond acceptors (Lipinski definition) is 4. The first-order valence-electron chi connectivity index (χ1n) is 20.3. The normalized spacial score (nSPS) is 11.7. The summed E-state index contributed by atoms with van der Waals surface area (Å²) in [6, 6.07) is 72.9. The highest BCUT2D eigenvalue weighted by molar-refractivity contribution is 5.99. The maximum absolute atomic E-state index is 5.35. The Hall–Kier alpha value is -8.08. The van der Waals surface area contributed by atoms with Gasteiger partial charge in [-0.25, -0.2) is 19.9 Å². The van der Waals surface area contributed by atoms with Gasteiger partial charge in [0.15, 0.2) is 5.82 Å². The highest BCUT2D eigenvalue weighted by Gasteiger charge is 2.16. The molecule has 278 valence electrons. The van der Waals surface area contributed by atoms with Crippen LogP contribution in [-0.2, 0) is 0 Å². The Bertz CT molecular complexity index is 3450. The van der Waals surface area contributed by atoms with Crippen molar-refractivity contribution in [3.63, 3.8) is 0 Å². The molecule has 0 amide bonds. The lowest BCUT2D eigenvalue weighted by Gasteiger charge is -2.14. The van der Waals surface area contributed by atoms with Crippen molar-refractivity contribution in [2.24, 2.45) is 0 Å². The Labute approximate surface area is 346 Å². The van der Waals surface area contributed by atoms with Crippen LogP contribution in [0.25, 0.3) is 121 Å². The van der Waals surface area contributed by atoms with Gasteiger partial charge in [0.1, 0.15) is 0 Å². The minimum atomic E-state index is 0.630. The average Bonchev–Trinajstić information content (AvgIpc) is 3.31. The third kappa shape index (κ3) is 6.10. The Morgan fingerprint density at radius 2 is 0.567 bits per heavy atom. The van der Waals surface area contributed by atoms with Crippen molar-refractivity contribution in [1.82, 2.24) is 19.9 Å². The summed E-state index contributed by atoms with van der Waals surface area (Å²) in [5.74, 6) is 0.630. The van der Waals surface area contributed by atoms with E-state index in [2.05, 4.69) is 206 Å². The van der Waals surface area contributed by atoms with Crippen LogP contribution >= 0.6 is 0 Å². The molecule has 9 aromatic carbocycles. The Morgan fingerprint density at radius 3 is 1.02 bits per heavy atom. The fraction of sp³-hybridized carbons (Fsp3) is 0. The van der Waals surface area contributed by atoms with Gasteiger partial charge < -0.3 is 0 Å². The molecule has 12 aromatic rings. The number of benzene rings is 9. The van der Waals surface area contributed by atoms with Crippen molar-refractivity contribution in [3.05, 3.63) is 206 Å². The lowest BCUT2D eigenvalue weighted by atomic mass is 9.98. The molecule has 0 aliphatic rings. The molecule has 3 aromatic heterocycles. The molecule has 0 spiro atoms. The number of fused-ring (bicyclic) bond motifs is 6. The molecule has 4 nitrogen and oxygen atoms in total. The molecule has 12 rings (SSSR count). The molecule has 0 N–H and O–H groups in total. The summed E-state index contributed by atoms with van der Waals surface area (Å²) in [5, 5.41) is 11.6. The zero-order valence-electron chi connectivity index (χ0n) is 32.4. The second-order valence-corrected chi connectivity index (χ2v) is 15.6. The first-order valence-corrected chi connectivity index (χ1v) is 20.3. The highest BCUT2D eigenvalue weighted by atomic mass is 14.9. The van der Waals surface area contributed by atoms with Crippen molar-refractivity contribution in [2.45, 2.75) is 0 Å². The molecule has 4 heteroatoms. The van der Waals surface area contributed by atoms with Gasteiger partial charge >= 0.3 is 0 Å². The van der Waals surface area contributed by atoms with E-state index < -0.39 is 0 Å². The predicted molar refractivity (Wildman–Crippen MR) is 250 cm³/mol. The number of rotatable bonds is 5. The maximum Gasteiger partial charge on any atom is 0.160 e.